The largest absolute Gasteiger partial charge is 0.271 e. The molecule has 0 amide bonds. The lowest BCUT2D eigenvalue weighted by molar-refractivity contribution is 0.232. The van der Waals surface area contributed by atoms with Crippen LogP contribution in [0.1, 0.15) is 32.1 Å². The number of hydrogen-bond acceptors (Lipinski definition) is 3. The first-order valence-corrected chi connectivity index (χ1v) is 5.96. The second kappa shape index (κ2) is 4.91. The molecule has 0 bridgehead atoms. The number of hydrogen-bond donors (Lipinski definition) is 2. The third kappa shape index (κ3) is 2.80. The SMILES string of the molecule is CCC(C)(C)C(Cc1cccs1)NN. The van der Waals surface area contributed by atoms with Gasteiger partial charge in [-0.2, -0.15) is 0 Å². The third-order valence-electron chi connectivity index (χ3n) is 3.04. The number of nitrogens with two attached hydrogens (primary N) is 1. The van der Waals surface area contributed by atoms with Crippen molar-refractivity contribution in [3.05, 3.63) is 22.4 Å². The second-order valence-corrected chi connectivity index (χ2v) is 5.38. The fourth-order valence-corrected chi connectivity index (χ4v) is 2.19. The molecule has 0 aliphatic carbocycles. The Bertz CT molecular complexity index is 254. The first-order valence-electron chi connectivity index (χ1n) is 5.08. The Kier molecular flexibility index (Phi) is 4.11. The highest BCUT2D eigenvalue weighted by Crippen LogP contribution is 2.27. The quantitative estimate of drug-likeness (QED) is 0.581. The van der Waals surface area contributed by atoms with Gasteiger partial charge in [-0.3, -0.25) is 11.3 Å². The normalized spacial score (nSPS) is 14.3. The van der Waals surface area contributed by atoms with Gasteiger partial charge in [-0.05, 0) is 29.7 Å². The first kappa shape index (κ1) is 11.7. The summed E-state index contributed by atoms with van der Waals surface area (Å²) in [5.74, 6) is 5.61. The summed E-state index contributed by atoms with van der Waals surface area (Å²) in [6.07, 6.45) is 2.16. The molecule has 1 heterocycles. The highest BCUT2D eigenvalue weighted by Gasteiger charge is 2.26. The van der Waals surface area contributed by atoms with E-state index in [9.17, 15) is 0 Å². The number of rotatable bonds is 5. The van der Waals surface area contributed by atoms with Gasteiger partial charge in [-0.25, -0.2) is 0 Å². The molecule has 0 fully saturated rings. The van der Waals surface area contributed by atoms with Gasteiger partial charge < -0.3 is 0 Å². The Morgan fingerprint density at radius 1 is 1.57 bits per heavy atom. The maximum absolute atomic E-state index is 5.61. The molecule has 1 unspecified atom stereocenters. The van der Waals surface area contributed by atoms with Crippen molar-refractivity contribution in [1.29, 1.82) is 0 Å². The van der Waals surface area contributed by atoms with E-state index < -0.39 is 0 Å². The lowest BCUT2D eigenvalue weighted by atomic mass is 9.80. The van der Waals surface area contributed by atoms with Crippen LogP contribution in [-0.2, 0) is 6.42 Å². The molecule has 0 aliphatic heterocycles. The first-order chi connectivity index (χ1) is 6.60. The van der Waals surface area contributed by atoms with Gasteiger partial charge in [0, 0.05) is 10.9 Å². The molecule has 0 aromatic carbocycles. The van der Waals surface area contributed by atoms with Crippen LogP contribution in [0, 0.1) is 5.41 Å². The molecule has 0 saturated carbocycles. The summed E-state index contributed by atoms with van der Waals surface area (Å²) in [4.78, 5) is 1.40. The van der Waals surface area contributed by atoms with E-state index in [-0.39, 0.29) is 5.41 Å². The molecule has 80 valence electrons. The van der Waals surface area contributed by atoms with Crippen LogP contribution < -0.4 is 11.3 Å². The molecular formula is C11H20N2S. The Morgan fingerprint density at radius 2 is 2.29 bits per heavy atom. The molecule has 2 nitrogen and oxygen atoms in total. The van der Waals surface area contributed by atoms with E-state index in [1.165, 1.54) is 4.88 Å². The molecule has 3 heteroatoms. The predicted molar refractivity (Wildman–Crippen MR) is 63.2 cm³/mol. The van der Waals surface area contributed by atoms with Crippen molar-refractivity contribution in [3.63, 3.8) is 0 Å². The molecule has 1 aromatic heterocycles. The molecule has 1 aromatic rings. The molecule has 0 spiro atoms. The van der Waals surface area contributed by atoms with Gasteiger partial charge in [-0.15, -0.1) is 11.3 Å². The average Bonchev–Trinajstić information content (AvgIpc) is 2.66. The minimum absolute atomic E-state index is 0.249. The standard InChI is InChI=1S/C11H20N2S/c1-4-11(2,3)10(13-12)8-9-6-5-7-14-9/h5-7,10,13H,4,8,12H2,1-3H3. The van der Waals surface area contributed by atoms with E-state index in [0.29, 0.717) is 6.04 Å². The van der Waals surface area contributed by atoms with Gasteiger partial charge in [0.1, 0.15) is 0 Å². The van der Waals surface area contributed by atoms with Crippen LogP contribution in [0.5, 0.6) is 0 Å². The summed E-state index contributed by atoms with van der Waals surface area (Å²) in [5, 5.41) is 2.11. The van der Waals surface area contributed by atoms with Crippen LogP contribution in [0.25, 0.3) is 0 Å². The molecule has 0 radical (unpaired) electrons. The number of hydrazine groups is 1. The zero-order valence-electron chi connectivity index (χ0n) is 9.21. The van der Waals surface area contributed by atoms with Crippen molar-refractivity contribution < 1.29 is 0 Å². The molecule has 1 rings (SSSR count). The summed E-state index contributed by atoms with van der Waals surface area (Å²) in [6.45, 7) is 6.72. The topological polar surface area (TPSA) is 38.0 Å². The smallest absolute Gasteiger partial charge is 0.0309 e. The molecule has 3 N–H and O–H groups in total. The summed E-state index contributed by atoms with van der Waals surface area (Å²) in [7, 11) is 0. The van der Waals surface area contributed by atoms with E-state index in [4.69, 9.17) is 5.84 Å². The van der Waals surface area contributed by atoms with Gasteiger partial charge in [-0.1, -0.05) is 26.8 Å². The minimum atomic E-state index is 0.249. The van der Waals surface area contributed by atoms with E-state index in [0.717, 1.165) is 12.8 Å². The second-order valence-electron chi connectivity index (χ2n) is 4.34. The number of thiophene rings is 1. The summed E-state index contributed by atoms with van der Waals surface area (Å²) in [6, 6.07) is 4.61. The lowest BCUT2D eigenvalue weighted by Crippen LogP contribution is -2.46. The van der Waals surface area contributed by atoms with Gasteiger partial charge in [0.05, 0.1) is 0 Å². The molecule has 0 aliphatic rings. The van der Waals surface area contributed by atoms with E-state index in [1.54, 1.807) is 11.3 Å². The minimum Gasteiger partial charge on any atom is -0.271 e. The van der Waals surface area contributed by atoms with Crippen LogP contribution in [-0.4, -0.2) is 6.04 Å². The zero-order chi connectivity index (χ0) is 10.6. The molecule has 14 heavy (non-hydrogen) atoms. The van der Waals surface area contributed by atoms with Gasteiger partial charge in [0.25, 0.3) is 0 Å². The average molecular weight is 212 g/mol. The molecular weight excluding hydrogens is 192 g/mol. The Hall–Kier alpha value is -0.380. The molecule has 0 saturated heterocycles. The fourth-order valence-electron chi connectivity index (χ4n) is 1.44. The highest BCUT2D eigenvalue weighted by molar-refractivity contribution is 7.09. The highest BCUT2D eigenvalue weighted by atomic mass is 32.1. The van der Waals surface area contributed by atoms with Gasteiger partial charge in [0.15, 0.2) is 0 Å². The van der Waals surface area contributed by atoms with Crippen LogP contribution in [0.2, 0.25) is 0 Å². The van der Waals surface area contributed by atoms with E-state index >= 15 is 0 Å². The van der Waals surface area contributed by atoms with Crippen molar-refractivity contribution in [3.8, 4) is 0 Å². The van der Waals surface area contributed by atoms with Crippen LogP contribution in [0.15, 0.2) is 17.5 Å². The van der Waals surface area contributed by atoms with Crippen LogP contribution >= 0.6 is 11.3 Å². The van der Waals surface area contributed by atoms with Crippen molar-refractivity contribution >= 4 is 11.3 Å². The molecule has 1 atom stereocenters. The van der Waals surface area contributed by atoms with Gasteiger partial charge >= 0.3 is 0 Å². The monoisotopic (exact) mass is 212 g/mol. The zero-order valence-corrected chi connectivity index (χ0v) is 10.0. The fraction of sp³-hybridized carbons (Fsp3) is 0.636. The van der Waals surface area contributed by atoms with Crippen LogP contribution in [0.4, 0.5) is 0 Å². The lowest BCUT2D eigenvalue weighted by Gasteiger charge is -2.32. The summed E-state index contributed by atoms with van der Waals surface area (Å²) >= 11 is 1.80. The van der Waals surface area contributed by atoms with Crippen molar-refractivity contribution in [2.45, 2.75) is 39.7 Å². The third-order valence-corrected chi connectivity index (χ3v) is 3.94. The van der Waals surface area contributed by atoms with E-state index in [1.807, 2.05) is 0 Å². The van der Waals surface area contributed by atoms with Gasteiger partial charge in [0.2, 0.25) is 0 Å². The summed E-state index contributed by atoms with van der Waals surface area (Å²) < 4.78 is 0. The van der Waals surface area contributed by atoms with Crippen LogP contribution in [0.3, 0.4) is 0 Å². The predicted octanol–water partition coefficient (Wildman–Crippen LogP) is 2.56. The maximum Gasteiger partial charge on any atom is 0.0309 e. The Labute approximate surface area is 90.5 Å². The van der Waals surface area contributed by atoms with Crippen molar-refractivity contribution in [2.24, 2.45) is 11.3 Å². The maximum atomic E-state index is 5.61. The Morgan fingerprint density at radius 3 is 2.71 bits per heavy atom. The Balaban J connectivity index is 2.64. The summed E-state index contributed by atoms with van der Waals surface area (Å²) in [5.41, 5.74) is 3.19. The van der Waals surface area contributed by atoms with E-state index in [2.05, 4.69) is 43.7 Å². The van der Waals surface area contributed by atoms with Crippen molar-refractivity contribution in [1.82, 2.24) is 5.43 Å². The van der Waals surface area contributed by atoms with Crippen molar-refractivity contribution in [2.75, 3.05) is 0 Å². The number of nitrogens with one attached hydrogen (secondary N) is 1.